The molecule has 7 rings (SSSR count). The van der Waals surface area contributed by atoms with Crippen molar-refractivity contribution in [1.29, 1.82) is 0 Å². The van der Waals surface area contributed by atoms with Crippen LogP contribution in [-0.2, 0) is 21.7 Å². The number of phenolic OH excluding ortho intramolecular Hbond substituents is 2. The Kier molecular flexibility index (Phi) is 12.1. The Labute approximate surface area is 277 Å². The molecule has 0 saturated heterocycles. The fraction of sp³-hybridized carbons (Fsp3) is 0.243. The van der Waals surface area contributed by atoms with E-state index in [1.165, 1.54) is 22.3 Å². The summed E-state index contributed by atoms with van der Waals surface area (Å²) in [4.78, 5) is 0. The molecule has 0 fully saturated rings. The number of allylic oxidation sites excluding steroid dienone is 4. The summed E-state index contributed by atoms with van der Waals surface area (Å²) in [5.41, 5.74) is 8.98. The predicted molar refractivity (Wildman–Crippen MR) is 169 cm³/mol. The van der Waals surface area contributed by atoms with Gasteiger partial charge in [-0.05, 0) is 35.1 Å². The minimum atomic E-state index is -0.0476. The number of aromatic hydroxyl groups is 2. The third kappa shape index (κ3) is 7.38. The van der Waals surface area contributed by atoms with Crippen LogP contribution < -0.4 is 12.4 Å². The van der Waals surface area contributed by atoms with Crippen LogP contribution in [0.15, 0.2) is 103 Å². The van der Waals surface area contributed by atoms with Gasteiger partial charge in [-0.2, -0.15) is 6.08 Å². The maximum Gasteiger partial charge on any atom is 4.00 e. The molecule has 2 aliphatic heterocycles. The number of para-hydroxylation sites is 2. The number of hydrogen-bond donors (Lipinski definition) is 2. The van der Waals surface area contributed by atoms with E-state index >= 15 is 0 Å². The van der Waals surface area contributed by atoms with Crippen LogP contribution in [-0.4, -0.2) is 10.2 Å². The monoisotopic (exact) mass is 624 g/mol. The average Bonchev–Trinajstić information content (AvgIpc) is 3.67. The Morgan fingerprint density at radius 1 is 0.628 bits per heavy atom. The van der Waals surface area contributed by atoms with Crippen molar-refractivity contribution in [3.05, 3.63) is 153 Å². The van der Waals surface area contributed by atoms with E-state index in [0.717, 1.165) is 28.9 Å². The molecular weight excluding hydrogens is 588 g/mol. The third-order valence-corrected chi connectivity index (χ3v) is 7.56. The Balaban J connectivity index is 0.000000195. The largest absolute Gasteiger partial charge is 4.00 e. The summed E-state index contributed by atoms with van der Waals surface area (Å²) < 4.78 is 0. The van der Waals surface area contributed by atoms with Crippen molar-refractivity contribution in [1.82, 2.24) is 0 Å². The quantitative estimate of drug-likeness (QED) is 0.182. The second-order valence-electron chi connectivity index (χ2n) is 11.1. The van der Waals surface area contributed by atoms with Crippen molar-refractivity contribution in [2.75, 3.05) is 0 Å². The van der Waals surface area contributed by atoms with Crippen molar-refractivity contribution in [3.63, 3.8) is 0 Å². The zero-order valence-electron chi connectivity index (χ0n) is 25.0. The van der Waals surface area contributed by atoms with Gasteiger partial charge in [-0.15, -0.1) is 17.8 Å². The molecule has 0 spiro atoms. The number of halogens is 1. The fourth-order valence-corrected chi connectivity index (χ4v) is 5.77. The van der Waals surface area contributed by atoms with Crippen molar-refractivity contribution < 1.29 is 44.3 Å². The molecule has 2 heterocycles. The summed E-state index contributed by atoms with van der Waals surface area (Å²) in [5, 5.41) is 29.5. The van der Waals surface area contributed by atoms with Crippen molar-refractivity contribution >= 4 is 11.4 Å². The standard InChI is InChI=1S/2C16H16NO.C5H5.ClH.Ti/c2*1-10(2)15-12-7-5-8-13(15)17-16(12)11-6-3-4-9-14(11)18;1-2-4-5-3-1;;/h2*3-10,16,18H,1-2H3;1-3H,4H2;1H;/q3*-1;;+4/p-1. The summed E-state index contributed by atoms with van der Waals surface area (Å²) in [7, 11) is 0. The SMILES string of the molecule is CC(C)c1c2cccc1C(c1ccccc1O)[N-]2.CC(C)c1c2cccc1C(c1ccccc1O)[N-]2.[C-]1=CC=CC1.[Cl-].[Ti+4]. The molecule has 1 aliphatic carbocycles. The molecular formula is C37H37ClN2O2Ti. The van der Waals surface area contributed by atoms with Gasteiger partial charge in [0.05, 0.1) is 0 Å². The molecule has 0 saturated carbocycles. The van der Waals surface area contributed by atoms with Crippen LogP contribution in [0, 0.1) is 6.08 Å². The molecule has 2 N–H and O–H groups in total. The molecule has 0 amide bonds. The van der Waals surface area contributed by atoms with Crippen molar-refractivity contribution in [2.45, 2.75) is 58.0 Å². The maximum absolute atomic E-state index is 9.99. The topological polar surface area (TPSA) is 68.7 Å². The molecule has 2 atom stereocenters. The predicted octanol–water partition coefficient (Wildman–Crippen LogP) is 7.55. The third-order valence-electron chi connectivity index (χ3n) is 7.56. The van der Waals surface area contributed by atoms with E-state index in [4.69, 9.17) is 10.6 Å². The van der Waals surface area contributed by atoms with Gasteiger partial charge in [-0.1, -0.05) is 135 Å². The minimum Gasteiger partial charge on any atom is -1.00 e. The number of fused-ring (bicyclic) bond motifs is 4. The molecule has 43 heavy (non-hydrogen) atoms. The molecule has 4 aromatic rings. The Morgan fingerprint density at radius 3 is 1.35 bits per heavy atom. The summed E-state index contributed by atoms with van der Waals surface area (Å²) >= 11 is 0. The summed E-state index contributed by atoms with van der Waals surface area (Å²) in [6.45, 7) is 8.74. The Hall–Kier alpha value is -3.44. The van der Waals surface area contributed by atoms with Crippen LogP contribution in [0.3, 0.4) is 0 Å². The normalized spacial score (nSPS) is 16.2. The number of benzene rings is 4. The van der Waals surface area contributed by atoms with Gasteiger partial charge in [0, 0.05) is 0 Å². The minimum absolute atomic E-state index is 0. The van der Waals surface area contributed by atoms with E-state index in [9.17, 15) is 10.2 Å². The fourth-order valence-electron chi connectivity index (χ4n) is 5.77. The van der Waals surface area contributed by atoms with Gasteiger partial charge in [-0.3, -0.25) is 6.08 Å². The first-order valence-electron chi connectivity index (χ1n) is 14.3. The second kappa shape index (κ2) is 15.3. The molecule has 0 radical (unpaired) electrons. The summed E-state index contributed by atoms with van der Waals surface area (Å²) in [6, 6.07) is 27.2. The Bertz CT molecular complexity index is 1460. The van der Waals surface area contributed by atoms with Gasteiger partial charge in [0.15, 0.2) is 0 Å². The van der Waals surface area contributed by atoms with E-state index < -0.39 is 0 Å². The maximum atomic E-state index is 9.99. The zero-order valence-corrected chi connectivity index (χ0v) is 27.3. The molecule has 4 nitrogen and oxygen atoms in total. The number of rotatable bonds is 4. The van der Waals surface area contributed by atoms with Crippen LogP contribution in [0.2, 0.25) is 0 Å². The van der Waals surface area contributed by atoms with E-state index in [1.807, 2.05) is 60.7 Å². The van der Waals surface area contributed by atoms with Crippen LogP contribution in [0.1, 0.15) is 91.4 Å². The molecule has 2 unspecified atom stereocenters. The van der Waals surface area contributed by atoms with Gasteiger partial charge in [0.2, 0.25) is 0 Å². The van der Waals surface area contributed by atoms with Crippen LogP contribution in [0.25, 0.3) is 10.6 Å². The average molecular weight is 625 g/mol. The van der Waals surface area contributed by atoms with Gasteiger partial charge in [0.25, 0.3) is 0 Å². The summed E-state index contributed by atoms with van der Waals surface area (Å²) in [6.07, 6.45) is 10.0. The van der Waals surface area contributed by atoms with Crippen LogP contribution >= 0.6 is 0 Å². The van der Waals surface area contributed by atoms with E-state index in [-0.39, 0.29) is 46.2 Å². The van der Waals surface area contributed by atoms with Gasteiger partial charge < -0.3 is 33.3 Å². The first-order valence-corrected chi connectivity index (χ1v) is 14.3. The zero-order chi connectivity index (χ0) is 28.9. The molecule has 4 aromatic carbocycles. The van der Waals surface area contributed by atoms with Gasteiger partial charge >= 0.3 is 21.7 Å². The first-order chi connectivity index (χ1) is 19.9. The molecule has 4 bridgehead atoms. The number of nitrogens with zero attached hydrogens (tertiary/aromatic N) is 2. The van der Waals surface area contributed by atoms with Crippen LogP contribution in [0.4, 0.5) is 11.4 Å². The van der Waals surface area contributed by atoms with Crippen LogP contribution in [0.5, 0.6) is 11.5 Å². The summed E-state index contributed by atoms with van der Waals surface area (Å²) in [5.74, 6) is 1.55. The molecule has 0 aromatic heterocycles. The first kappa shape index (κ1) is 34.1. The Morgan fingerprint density at radius 2 is 1.05 bits per heavy atom. The molecule has 3 aliphatic rings. The van der Waals surface area contributed by atoms with Gasteiger partial charge in [-0.25, -0.2) is 12.2 Å². The van der Waals surface area contributed by atoms with E-state index in [0.29, 0.717) is 23.3 Å². The van der Waals surface area contributed by atoms with Crippen molar-refractivity contribution in [2.24, 2.45) is 0 Å². The van der Waals surface area contributed by atoms with Crippen molar-refractivity contribution in [3.8, 4) is 11.5 Å². The van der Waals surface area contributed by atoms with E-state index in [1.54, 1.807) is 12.1 Å². The second-order valence-corrected chi connectivity index (χ2v) is 11.1. The number of phenols is 2. The van der Waals surface area contributed by atoms with E-state index in [2.05, 4.69) is 64.1 Å². The number of hydrogen-bond acceptors (Lipinski definition) is 2. The molecule has 6 heteroatoms. The molecule has 218 valence electrons. The smallest absolute Gasteiger partial charge is 1.00 e. The van der Waals surface area contributed by atoms with Gasteiger partial charge in [0.1, 0.15) is 11.5 Å².